The zero-order chi connectivity index (χ0) is 29.1. The lowest BCUT2D eigenvalue weighted by Gasteiger charge is -2.44. The van der Waals surface area contributed by atoms with Crippen LogP contribution in [0.25, 0.3) is 0 Å². The smallest absolute Gasteiger partial charge is 0.200 e. The van der Waals surface area contributed by atoms with Gasteiger partial charge in [0.1, 0.15) is 0 Å². The van der Waals surface area contributed by atoms with Crippen molar-refractivity contribution in [3.05, 3.63) is 0 Å². The first-order valence-electron chi connectivity index (χ1n) is 8.28. The van der Waals surface area contributed by atoms with E-state index in [2.05, 4.69) is 0 Å². The number of hydrogen-bond donors (Lipinski definition) is 0. The summed E-state index contributed by atoms with van der Waals surface area (Å²) in [4.78, 5) is 0. The summed E-state index contributed by atoms with van der Waals surface area (Å²) in [6.45, 7) is 0.897. The molecule has 0 unspecified atom stereocenters. The van der Waals surface area contributed by atoms with Gasteiger partial charge in [-0.1, -0.05) is 13.3 Å². The monoisotopic (exact) mass is 576 g/mol. The molecule has 0 aliphatic carbocycles. The minimum atomic E-state index is -9.13. The molecule has 0 aliphatic heterocycles. The van der Waals surface area contributed by atoms with E-state index in [1.165, 1.54) is 0 Å². The molecule has 0 aromatic carbocycles. The van der Waals surface area contributed by atoms with E-state index < -0.39 is 78.7 Å². The van der Waals surface area contributed by atoms with Crippen LogP contribution in [-0.4, -0.2) is 59.5 Å². The predicted octanol–water partition coefficient (Wildman–Crippen LogP) is 8.46. The summed E-state index contributed by atoms with van der Waals surface area (Å²) in [5.74, 6) is -76.2. The number of unbranched alkanes of at least 4 members (excludes halogenated alkanes) is 1. The van der Waals surface area contributed by atoms with Gasteiger partial charge in [0.25, 0.3) is 0 Å². The van der Waals surface area contributed by atoms with Crippen molar-refractivity contribution in [2.75, 3.05) is 0 Å². The SMILES string of the molecule is CCCCC(F)(F)C(F)(F)C(F)(F)C(F)(F)C(F)(F)C(F)(F)C(F)(F)C(F)(F)C(F)(F)C(F)(F)F. The Balaban J connectivity index is 6.97. The van der Waals surface area contributed by atoms with Gasteiger partial charge < -0.3 is 0 Å². The Bertz CT molecular complexity index is 742. The number of alkyl halides is 21. The van der Waals surface area contributed by atoms with Gasteiger partial charge in [-0.2, -0.15) is 92.2 Å². The fourth-order valence-corrected chi connectivity index (χ4v) is 2.15. The van der Waals surface area contributed by atoms with Crippen LogP contribution in [0.2, 0.25) is 0 Å². The first kappa shape index (κ1) is 33.5. The van der Waals surface area contributed by atoms with Crippen molar-refractivity contribution in [3.8, 4) is 0 Å². The van der Waals surface area contributed by atoms with Gasteiger partial charge in [-0.25, -0.2) is 0 Å². The molecular weight excluding hydrogens is 567 g/mol. The molecule has 0 aromatic heterocycles. The molecule has 21 heteroatoms. The predicted molar refractivity (Wildman–Crippen MR) is 70.1 cm³/mol. The van der Waals surface area contributed by atoms with Gasteiger partial charge in [-0.05, 0) is 6.42 Å². The molecule has 0 rings (SSSR count). The van der Waals surface area contributed by atoms with Crippen LogP contribution in [0.15, 0.2) is 0 Å². The second-order valence-corrected chi connectivity index (χ2v) is 6.90. The van der Waals surface area contributed by atoms with Gasteiger partial charge in [0.15, 0.2) is 0 Å². The Morgan fingerprint density at radius 2 is 0.571 bits per heavy atom. The average Bonchev–Trinajstić information content (AvgIpc) is 2.64. The lowest BCUT2D eigenvalue weighted by atomic mass is 9.85. The van der Waals surface area contributed by atoms with E-state index in [1.54, 1.807) is 0 Å². The summed E-state index contributed by atoms with van der Waals surface area (Å²) in [6, 6.07) is 0. The van der Waals surface area contributed by atoms with Crippen molar-refractivity contribution in [1.82, 2.24) is 0 Å². The Kier molecular flexibility index (Phi) is 8.18. The molecule has 35 heavy (non-hydrogen) atoms. The molecule has 0 nitrogen and oxygen atoms in total. The van der Waals surface area contributed by atoms with E-state index in [0.717, 1.165) is 6.92 Å². The maximum absolute atomic E-state index is 13.5. The van der Waals surface area contributed by atoms with E-state index >= 15 is 0 Å². The minimum absolute atomic E-state index is 0.587. The van der Waals surface area contributed by atoms with Gasteiger partial charge >= 0.3 is 59.5 Å². The molecule has 0 heterocycles. The topological polar surface area (TPSA) is 0 Å². The summed E-state index contributed by atoms with van der Waals surface area (Å²) < 4.78 is 275. The zero-order valence-electron chi connectivity index (χ0n) is 16.1. The van der Waals surface area contributed by atoms with Crippen LogP contribution in [0.4, 0.5) is 92.2 Å². The molecule has 0 atom stereocenters. The van der Waals surface area contributed by atoms with E-state index in [9.17, 15) is 92.2 Å². The van der Waals surface area contributed by atoms with Gasteiger partial charge in [-0.15, -0.1) is 0 Å². The van der Waals surface area contributed by atoms with Crippen LogP contribution < -0.4 is 0 Å². The molecule has 0 radical (unpaired) electrons. The third-order valence-corrected chi connectivity index (χ3v) is 4.42. The highest BCUT2D eigenvalue weighted by Crippen LogP contribution is 2.66. The molecule has 0 saturated heterocycles. The fraction of sp³-hybridized carbons (Fsp3) is 1.00. The summed E-state index contributed by atoms with van der Waals surface area (Å²) in [7, 11) is 0. The molecule has 0 spiro atoms. The number of hydrogen-bond acceptors (Lipinski definition) is 0. The van der Waals surface area contributed by atoms with Crippen LogP contribution in [-0.2, 0) is 0 Å². The van der Waals surface area contributed by atoms with Crippen molar-refractivity contribution in [3.63, 3.8) is 0 Å². The first-order chi connectivity index (χ1) is 14.8. The Labute approximate surface area is 179 Å². The summed E-state index contributed by atoms with van der Waals surface area (Å²) in [5.41, 5.74) is 0. The lowest BCUT2D eigenvalue weighted by molar-refractivity contribution is -0.474. The molecule has 0 bridgehead atoms. The van der Waals surface area contributed by atoms with Gasteiger partial charge in [-0.3, -0.25) is 0 Å². The highest BCUT2D eigenvalue weighted by Gasteiger charge is 2.97. The number of rotatable bonds is 11. The van der Waals surface area contributed by atoms with Crippen LogP contribution >= 0.6 is 0 Å². The maximum atomic E-state index is 13.5. The Morgan fingerprint density at radius 3 is 0.800 bits per heavy atom. The summed E-state index contributed by atoms with van der Waals surface area (Å²) in [5, 5.41) is 0. The lowest BCUT2D eigenvalue weighted by Crippen LogP contribution is -2.76. The van der Waals surface area contributed by atoms with Crippen molar-refractivity contribution in [2.24, 2.45) is 0 Å². The fourth-order valence-electron chi connectivity index (χ4n) is 2.15. The summed E-state index contributed by atoms with van der Waals surface area (Å²) in [6.07, 6.45) is -12.3. The quantitative estimate of drug-likeness (QED) is 0.217. The van der Waals surface area contributed by atoms with Crippen molar-refractivity contribution >= 4 is 0 Å². The van der Waals surface area contributed by atoms with Crippen LogP contribution in [0.3, 0.4) is 0 Å². The van der Waals surface area contributed by atoms with Crippen molar-refractivity contribution < 1.29 is 92.2 Å². The third kappa shape index (κ3) is 4.24. The van der Waals surface area contributed by atoms with Crippen LogP contribution in [0.5, 0.6) is 0 Å². The molecule has 0 saturated carbocycles. The van der Waals surface area contributed by atoms with E-state index in [4.69, 9.17) is 0 Å². The van der Waals surface area contributed by atoms with Gasteiger partial charge in [0, 0.05) is 6.42 Å². The Morgan fingerprint density at radius 1 is 0.343 bits per heavy atom. The van der Waals surface area contributed by atoms with Gasteiger partial charge in [0.05, 0.1) is 0 Å². The molecule has 0 amide bonds. The standard InChI is InChI=1S/C14H9F21/c1-2-3-4-5(15,16)6(17,18)7(19,20)8(21,22)9(23,24)10(25,26)11(27,28)12(29,30)13(31,32)14(33,34)35/h2-4H2,1H3. The van der Waals surface area contributed by atoms with E-state index in [1.807, 2.05) is 0 Å². The average molecular weight is 576 g/mol. The largest absolute Gasteiger partial charge is 0.460 e. The first-order valence-corrected chi connectivity index (χ1v) is 8.28. The number of halogens is 21. The maximum Gasteiger partial charge on any atom is 0.460 e. The van der Waals surface area contributed by atoms with E-state index in [-0.39, 0.29) is 0 Å². The Hall–Kier alpha value is -1.47. The van der Waals surface area contributed by atoms with Crippen LogP contribution in [0.1, 0.15) is 26.2 Å². The highest BCUT2D eigenvalue weighted by atomic mass is 19.4. The molecule has 0 fully saturated rings. The second kappa shape index (κ2) is 8.54. The molecule has 0 aromatic rings. The normalized spacial score (nSPS) is 16.6. The molecule has 212 valence electrons. The zero-order valence-corrected chi connectivity index (χ0v) is 16.1. The molecule has 0 aliphatic rings. The van der Waals surface area contributed by atoms with Crippen molar-refractivity contribution in [1.29, 1.82) is 0 Å². The third-order valence-electron chi connectivity index (χ3n) is 4.42. The molecular formula is C14H9F21. The highest BCUT2D eigenvalue weighted by molar-refractivity contribution is 5.17. The van der Waals surface area contributed by atoms with E-state index in [0.29, 0.717) is 0 Å². The minimum Gasteiger partial charge on any atom is -0.200 e. The van der Waals surface area contributed by atoms with Gasteiger partial charge in [0.2, 0.25) is 0 Å². The molecule has 0 N–H and O–H groups in total. The van der Waals surface area contributed by atoms with Crippen LogP contribution in [0, 0.1) is 0 Å². The van der Waals surface area contributed by atoms with Crippen molar-refractivity contribution in [2.45, 2.75) is 85.7 Å². The second-order valence-electron chi connectivity index (χ2n) is 6.90. The summed E-state index contributed by atoms with van der Waals surface area (Å²) >= 11 is 0.